The number of phenols is 2. The third-order valence-electron chi connectivity index (χ3n) is 14.1. The summed E-state index contributed by atoms with van der Waals surface area (Å²) in [5.41, 5.74) is 12.1. The predicted octanol–water partition coefficient (Wildman–Crippen LogP) is 3.67. The molecule has 6 atom stereocenters. The minimum absolute atomic E-state index is 0.0761. The third-order valence-corrected chi connectivity index (χ3v) is 14.1. The van der Waals surface area contributed by atoms with Crippen molar-refractivity contribution in [2.75, 3.05) is 0 Å². The predicted molar refractivity (Wildman–Crippen MR) is 297 cm³/mol. The first-order valence-corrected chi connectivity index (χ1v) is 26.1. The normalized spacial score (nSPS) is 14.2. The van der Waals surface area contributed by atoms with Crippen molar-refractivity contribution < 1.29 is 53.7 Å². The number of carboxylic acids is 1. The highest BCUT2D eigenvalue weighted by Gasteiger charge is 2.39. The van der Waals surface area contributed by atoms with E-state index in [9.17, 15) is 53.7 Å². The zero-order chi connectivity index (χ0) is 56.9. The fourth-order valence-corrected chi connectivity index (χ4v) is 10.1. The van der Waals surface area contributed by atoms with Crippen LogP contribution < -0.4 is 37.6 Å². The standard InChI is InChI=1S/C61H62N8O11/c1-35(70)64-55(54-45-16-7-5-13-39(45)23-24-40-14-6-8-17-46(40)54)60(78)68-50(29-36-11-3-2-4-12-36)57(75)67-51(33-53(62)73)59(77)66-48(30-37-19-25-42(71)26-20-37)56(74)65-49(31-38-21-27-43(72)28-22-38)58(76)69-52(61(79)80)32-41-34-63-47-18-10-9-15-44(41)47/h2-22,25-28,34,48-52,54-55,63,71-72H,23-24,29-33H2,1H3,(H2,62,73)(H,64,70)(H,65,74)(H,66,77)(H,67,75)(H,68,78)(H,69,76)(H,79,80)/t48-,49-,50-,51-,52-,55-/m0/s1. The van der Waals surface area contributed by atoms with E-state index in [1.165, 1.54) is 55.5 Å². The molecule has 1 aliphatic rings. The number of aromatic hydroxyl groups is 2. The highest BCUT2D eigenvalue weighted by molar-refractivity contribution is 5.99. The van der Waals surface area contributed by atoms with Crippen LogP contribution in [-0.4, -0.2) is 104 Å². The molecular weight excluding hydrogens is 1020 g/mol. The number of amides is 7. The Morgan fingerprint density at radius 1 is 0.500 bits per heavy atom. The van der Waals surface area contributed by atoms with Crippen molar-refractivity contribution in [2.45, 2.75) is 94.0 Å². The van der Waals surface area contributed by atoms with Gasteiger partial charge in [-0.05, 0) is 87.7 Å². The first kappa shape index (κ1) is 56.4. The van der Waals surface area contributed by atoms with E-state index < -0.39 is 95.9 Å². The van der Waals surface area contributed by atoms with E-state index in [4.69, 9.17) is 5.73 Å². The first-order chi connectivity index (χ1) is 38.5. The summed E-state index contributed by atoms with van der Waals surface area (Å²) in [7, 11) is 0. The molecule has 0 unspecified atom stereocenters. The topological polar surface area (TPSA) is 311 Å². The van der Waals surface area contributed by atoms with Gasteiger partial charge in [0.25, 0.3) is 0 Å². The van der Waals surface area contributed by atoms with Crippen molar-refractivity contribution in [2.24, 2.45) is 5.73 Å². The third kappa shape index (κ3) is 14.6. The molecule has 7 amide bonds. The number of aromatic amines is 1. The number of carbonyl (C=O) groups is 8. The Balaban J connectivity index is 1.07. The van der Waals surface area contributed by atoms with Crippen molar-refractivity contribution in [1.82, 2.24) is 36.9 Å². The number of aromatic nitrogens is 1. The van der Waals surface area contributed by atoms with E-state index in [0.717, 1.165) is 33.2 Å². The van der Waals surface area contributed by atoms with Crippen molar-refractivity contribution in [3.05, 3.63) is 202 Å². The lowest BCUT2D eigenvalue weighted by molar-refractivity contribution is -0.142. The van der Waals surface area contributed by atoms with Gasteiger partial charge in [-0.2, -0.15) is 0 Å². The van der Waals surface area contributed by atoms with E-state index in [1.807, 2.05) is 60.7 Å². The molecule has 6 aromatic carbocycles. The summed E-state index contributed by atoms with van der Waals surface area (Å²) in [5, 5.41) is 47.4. The number of hydrogen-bond acceptors (Lipinski definition) is 10. The second-order valence-corrected chi connectivity index (χ2v) is 19.9. The molecule has 1 aromatic heterocycles. The molecule has 1 aliphatic carbocycles. The number of carbonyl (C=O) groups excluding carboxylic acids is 7. The average molecular weight is 1080 g/mol. The molecule has 0 aliphatic heterocycles. The molecule has 12 N–H and O–H groups in total. The largest absolute Gasteiger partial charge is 0.508 e. The van der Waals surface area contributed by atoms with E-state index >= 15 is 0 Å². The molecule has 0 radical (unpaired) electrons. The summed E-state index contributed by atoms with van der Waals surface area (Å²) in [6.07, 6.45) is 1.48. The number of primary amides is 1. The highest BCUT2D eigenvalue weighted by atomic mass is 16.4. The lowest BCUT2D eigenvalue weighted by Crippen LogP contribution is -2.61. The van der Waals surface area contributed by atoms with Crippen LogP contribution >= 0.6 is 0 Å². The minimum atomic E-state index is -1.76. The maximum atomic E-state index is 14.9. The van der Waals surface area contributed by atoms with Crippen LogP contribution in [0.25, 0.3) is 10.9 Å². The second-order valence-electron chi connectivity index (χ2n) is 19.9. The monoisotopic (exact) mass is 1080 g/mol. The maximum absolute atomic E-state index is 14.9. The number of benzene rings is 6. The van der Waals surface area contributed by atoms with Crippen LogP contribution in [-0.2, 0) is 76.9 Å². The van der Waals surface area contributed by atoms with Gasteiger partial charge in [0.15, 0.2) is 0 Å². The van der Waals surface area contributed by atoms with E-state index in [1.54, 1.807) is 48.7 Å². The van der Waals surface area contributed by atoms with Gasteiger partial charge in [-0.15, -0.1) is 0 Å². The van der Waals surface area contributed by atoms with Crippen LogP contribution in [0.3, 0.4) is 0 Å². The van der Waals surface area contributed by atoms with E-state index in [-0.39, 0.29) is 37.2 Å². The van der Waals surface area contributed by atoms with Crippen LogP contribution in [0.4, 0.5) is 0 Å². The summed E-state index contributed by atoms with van der Waals surface area (Å²) < 4.78 is 0. The van der Waals surface area contributed by atoms with Gasteiger partial charge in [0.2, 0.25) is 41.4 Å². The zero-order valence-corrected chi connectivity index (χ0v) is 43.7. The van der Waals surface area contributed by atoms with Crippen LogP contribution in [0.2, 0.25) is 0 Å². The molecule has 0 bridgehead atoms. The molecule has 1 heterocycles. The molecule has 80 heavy (non-hydrogen) atoms. The Hall–Kier alpha value is -9.78. The summed E-state index contributed by atoms with van der Waals surface area (Å²) in [5.74, 6) is -8.27. The molecule has 0 spiro atoms. The highest BCUT2D eigenvalue weighted by Crippen LogP contribution is 2.37. The van der Waals surface area contributed by atoms with E-state index in [0.29, 0.717) is 35.1 Å². The van der Waals surface area contributed by atoms with Crippen molar-refractivity contribution in [1.29, 1.82) is 0 Å². The number of hydrogen-bond donors (Lipinski definition) is 11. The summed E-state index contributed by atoms with van der Waals surface area (Å²) >= 11 is 0. The number of rotatable bonds is 23. The van der Waals surface area contributed by atoms with Gasteiger partial charge < -0.3 is 57.9 Å². The Bertz CT molecular complexity index is 3340. The van der Waals surface area contributed by atoms with Gasteiger partial charge in [-0.1, -0.05) is 121 Å². The van der Waals surface area contributed by atoms with Gasteiger partial charge >= 0.3 is 5.97 Å². The number of fused-ring (bicyclic) bond motifs is 3. The molecule has 412 valence electrons. The van der Waals surface area contributed by atoms with Crippen LogP contribution in [0.15, 0.2) is 158 Å². The zero-order valence-electron chi connectivity index (χ0n) is 43.7. The number of aliphatic carboxylic acids is 1. The number of para-hydroxylation sites is 1. The number of carboxylic acid groups (broad SMARTS) is 1. The molecule has 19 heteroatoms. The molecule has 8 rings (SSSR count). The molecule has 7 aromatic rings. The molecule has 19 nitrogen and oxygen atoms in total. The van der Waals surface area contributed by atoms with Gasteiger partial charge in [0.05, 0.1) is 6.42 Å². The number of nitrogens with two attached hydrogens (primary N) is 1. The Morgan fingerprint density at radius 2 is 0.925 bits per heavy atom. The van der Waals surface area contributed by atoms with Crippen LogP contribution in [0, 0.1) is 0 Å². The molecule has 0 saturated carbocycles. The van der Waals surface area contributed by atoms with Gasteiger partial charge in [0.1, 0.15) is 47.8 Å². The summed E-state index contributed by atoms with van der Waals surface area (Å²) in [4.78, 5) is 115. The lowest BCUT2D eigenvalue weighted by atomic mass is 9.82. The summed E-state index contributed by atoms with van der Waals surface area (Å²) in [6.45, 7) is 1.29. The first-order valence-electron chi connectivity index (χ1n) is 26.1. The van der Waals surface area contributed by atoms with E-state index in [2.05, 4.69) is 36.9 Å². The molecular formula is C61H62N8O11. The number of nitrogens with one attached hydrogen (secondary N) is 7. The quantitative estimate of drug-likeness (QED) is 0.0439. The van der Waals surface area contributed by atoms with Crippen molar-refractivity contribution in [3.8, 4) is 11.5 Å². The van der Waals surface area contributed by atoms with Crippen LogP contribution in [0.1, 0.15) is 63.8 Å². The van der Waals surface area contributed by atoms with Crippen LogP contribution in [0.5, 0.6) is 11.5 Å². The fraction of sp³-hybridized carbons (Fsp3) is 0.246. The molecule has 0 fully saturated rings. The minimum Gasteiger partial charge on any atom is -0.508 e. The van der Waals surface area contributed by atoms with Gasteiger partial charge in [-0.25, -0.2) is 4.79 Å². The smallest absolute Gasteiger partial charge is 0.326 e. The fourth-order valence-electron chi connectivity index (χ4n) is 10.1. The summed E-state index contributed by atoms with van der Waals surface area (Å²) in [6, 6.07) is 33.8. The van der Waals surface area contributed by atoms with Gasteiger partial charge in [0, 0.05) is 55.6 Å². The Kier molecular flexibility index (Phi) is 18.4. The lowest BCUT2D eigenvalue weighted by Gasteiger charge is -2.31. The van der Waals surface area contributed by atoms with Crippen molar-refractivity contribution >= 4 is 58.2 Å². The van der Waals surface area contributed by atoms with Gasteiger partial charge in [-0.3, -0.25) is 33.6 Å². The Labute approximate surface area is 460 Å². The Morgan fingerprint density at radius 3 is 1.43 bits per heavy atom. The number of aryl methyl sites for hydroxylation is 2. The molecule has 0 saturated heterocycles. The number of phenolic OH excluding ortho intramolecular Hbond substituents is 2. The average Bonchev–Trinajstić information content (AvgIpc) is 3.86. The SMILES string of the molecule is CC(=O)N[C@H](C(=O)N[C@@H](Cc1ccccc1)C(=O)N[C@@H](CC(N)=O)C(=O)N[C@@H](Cc1ccc(O)cc1)C(=O)N[C@@H](Cc1ccc(O)cc1)C(=O)N[C@@H](Cc1c[nH]c2ccccc12)C(=O)O)C1c2ccccc2CCc2ccccc21. The maximum Gasteiger partial charge on any atom is 0.326 e. The second kappa shape index (κ2) is 26.0. The van der Waals surface area contributed by atoms with Crippen molar-refractivity contribution in [3.63, 3.8) is 0 Å². The number of H-pyrrole nitrogens is 1.